The van der Waals surface area contributed by atoms with Gasteiger partial charge in [-0.1, -0.05) is 6.42 Å². The SMILES string of the molecule is O=CN1CCCC(N2CCCCC2)C1. The second-order valence-electron chi connectivity index (χ2n) is 4.49. The maximum absolute atomic E-state index is 10.7. The summed E-state index contributed by atoms with van der Waals surface area (Å²) < 4.78 is 0. The summed E-state index contributed by atoms with van der Waals surface area (Å²) in [6.07, 6.45) is 7.55. The van der Waals surface area contributed by atoms with Crippen molar-refractivity contribution in [3.63, 3.8) is 0 Å². The number of nitrogens with zero attached hydrogens (tertiary/aromatic N) is 2. The molecule has 0 aromatic rings. The fourth-order valence-electron chi connectivity index (χ4n) is 2.66. The Morgan fingerprint density at radius 1 is 1.00 bits per heavy atom. The van der Waals surface area contributed by atoms with Crippen LogP contribution in [0.15, 0.2) is 0 Å². The topological polar surface area (TPSA) is 23.6 Å². The van der Waals surface area contributed by atoms with Gasteiger partial charge in [0, 0.05) is 19.1 Å². The van der Waals surface area contributed by atoms with Gasteiger partial charge >= 0.3 is 0 Å². The van der Waals surface area contributed by atoms with E-state index < -0.39 is 0 Å². The molecule has 2 aliphatic heterocycles. The number of carbonyl (C=O) groups excluding carboxylic acids is 1. The molecule has 0 aromatic heterocycles. The largest absolute Gasteiger partial charge is 0.344 e. The Morgan fingerprint density at radius 3 is 2.50 bits per heavy atom. The zero-order chi connectivity index (χ0) is 9.80. The molecule has 1 amide bonds. The third kappa shape index (κ3) is 2.27. The first-order chi connectivity index (χ1) is 6.90. The van der Waals surface area contributed by atoms with Gasteiger partial charge in [-0.05, 0) is 38.8 Å². The summed E-state index contributed by atoms with van der Waals surface area (Å²) in [5.41, 5.74) is 0. The first kappa shape index (κ1) is 9.97. The molecule has 2 saturated heterocycles. The highest BCUT2D eigenvalue weighted by molar-refractivity contribution is 5.47. The Labute approximate surface area is 86.1 Å². The van der Waals surface area contributed by atoms with Crippen molar-refractivity contribution in [1.29, 1.82) is 0 Å². The fraction of sp³-hybridized carbons (Fsp3) is 0.909. The molecule has 3 nitrogen and oxygen atoms in total. The van der Waals surface area contributed by atoms with Gasteiger partial charge in [-0.2, -0.15) is 0 Å². The maximum Gasteiger partial charge on any atom is 0.209 e. The summed E-state index contributed by atoms with van der Waals surface area (Å²) in [5.74, 6) is 0. The number of carbonyl (C=O) groups is 1. The average Bonchev–Trinajstić information content (AvgIpc) is 2.30. The van der Waals surface area contributed by atoms with E-state index in [2.05, 4.69) is 4.90 Å². The van der Waals surface area contributed by atoms with Crippen molar-refractivity contribution >= 4 is 6.41 Å². The molecule has 2 heterocycles. The highest BCUT2D eigenvalue weighted by atomic mass is 16.1. The smallest absolute Gasteiger partial charge is 0.209 e. The van der Waals surface area contributed by atoms with Crippen LogP contribution in [-0.4, -0.2) is 48.4 Å². The Bertz CT molecular complexity index is 190. The first-order valence-corrected chi connectivity index (χ1v) is 5.83. The lowest BCUT2D eigenvalue weighted by Crippen LogP contribution is -2.49. The van der Waals surface area contributed by atoms with E-state index in [4.69, 9.17) is 0 Å². The molecule has 1 unspecified atom stereocenters. The summed E-state index contributed by atoms with van der Waals surface area (Å²) in [6, 6.07) is 0.647. The predicted octanol–water partition coefficient (Wildman–Crippen LogP) is 1.09. The van der Waals surface area contributed by atoms with E-state index in [1.165, 1.54) is 45.2 Å². The van der Waals surface area contributed by atoms with Gasteiger partial charge in [-0.15, -0.1) is 0 Å². The normalized spacial score (nSPS) is 30.3. The van der Waals surface area contributed by atoms with E-state index >= 15 is 0 Å². The quantitative estimate of drug-likeness (QED) is 0.617. The lowest BCUT2D eigenvalue weighted by Gasteiger charge is -2.39. The molecule has 0 N–H and O–H groups in total. The molecule has 0 radical (unpaired) electrons. The van der Waals surface area contributed by atoms with Crippen LogP contribution >= 0.6 is 0 Å². The number of amides is 1. The van der Waals surface area contributed by atoms with E-state index in [0.717, 1.165) is 19.5 Å². The van der Waals surface area contributed by atoms with Gasteiger partial charge in [0.25, 0.3) is 0 Å². The van der Waals surface area contributed by atoms with Crippen molar-refractivity contribution in [2.24, 2.45) is 0 Å². The molecule has 0 saturated carbocycles. The van der Waals surface area contributed by atoms with Gasteiger partial charge < -0.3 is 4.90 Å². The summed E-state index contributed by atoms with van der Waals surface area (Å²) in [7, 11) is 0. The molecule has 2 fully saturated rings. The fourth-order valence-corrected chi connectivity index (χ4v) is 2.66. The molecule has 80 valence electrons. The summed E-state index contributed by atoms with van der Waals surface area (Å²) in [4.78, 5) is 15.2. The number of rotatable bonds is 2. The Balaban J connectivity index is 1.86. The van der Waals surface area contributed by atoms with Crippen LogP contribution in [0.4, 0.5) is 0 Å². The monoisotopic (exact) mass is 196 g/mol. The van der Waals surface area contributed by atoms with Crippen LogP contribution < -0.4 is 0 Å². The van der Waals surface area contributed by atoms with Gasteiger partial charge in [-0.25, -0.2) is 0 Å². The van der Waals surface area contributed by atoms with E-state index in [-0.39, 0.29) is 0 Å². The van der Waals surface area contributed by atoms with Crippen LogP contribution in [0.3, 0.4) is 0 Å². The molecule has 0 aromatic carbocycles. The molecule has 0 aliphatic carbocycles. The minimum absolute atomic E-state index is 0.647. The van der Waals surface area contributed by atoms with E-state index in [0.29, 0.717) is 6.04 Å². The summed E-state index contributed by atoms with van der Waals surface area (Å²) in [5, 5.41) is 0. The average molecular weight is 196 g/mol. The molecular weight excluding hydrogens is 176 g/mol. The van der Waals surface area contributed by atoms with Crippen molar-refractivity contribution in [2.45, 2.75) is 38.1 Å². The first-order valence-electron chi connectivity index (χ1n) is 5.83. The minimum atomic E-state index is 0.647. The Morgan fingerprint density at radius 2 is 1.79 bits per heavy atom. The lowest BCUT2D eigenvalue weighted by atomic mass is 10.0. The predicted molar refractivity (Wildman–Crippen MR) is 56.1 cm³/mol. The second kappa shape index (κ2) is 4.78. The zero-order valence-electron chi connectivity index (χ0n) is 8.82. The highest BCUT2D eigenvalue weighted by Gasteiger charge is 2.25. The third-order valence-electron chi connectivity index (χ3n) is 3.48. The number of hydrogen-bond acceptors (Lipinski definition) is 2. The van der Waals surface area contributed by atoms with E-state index in [1.807, 2.05) is 4.90 Å². The highest BCUT2D eigenvalue weighted by Crippen LogP contribution is 2.19. The van der Waals surface area contributed by atoms with Crippen LogP contribution in [0, 0.1) is 0 Å². The standard InChI is InChI=1S/C11H20N2O/c14-10-12-6-4-5-11(9-12)13-7-2-1-3-8-13/h10-11H,1-9H2. The van der Waals surface area contributed by atoms with Gasteiger partial charge in [0.15, 0.2) is 0 Å². The van der Waals surface area contributed by atoms with Crippen molar-refractivity contribution in [3.8, 4) is 0 Å². The van der Waals surface area contributed by atoms with Crippen LogP contribution in [0.25, 0.3) is 0 Å². The van der Waals surface area contributed by atoms with Crippen LogP contribution in [0.1, 0.15) is 32.1 Å². The van der Waals surface area contributed by atoms with Gasteiger partial charge in [-0.3, -0.25) is 9.69 Å². The van der Waals surface area contributed by atoms with Gasteiger partial charge in [0.1, 0.15) is 0 Å². The van der Waals surface area contributed by atoms with Gasteiger partial charge in [0.2, 0.25) is 6.41 Å². The van der Waals surface area contributed by atoms with Crippen LogP contribution in [0.5, 0.6) is 0 Å². The van der Waals surface area contributed by atoms with Crippen molar-refractivity contribution in [3.05, 3.63) is 0 Å². The molecule has 14 heavy (non-hydrogen) atoms. The van der Waals surface area contributed by atoms with E-state index in [9.17, 15) is 4.79 Å². The molecule has 1 atom stereocenters. The number of likely N-dealkylation sites (tertiary alicyclic amines) is 2. The molecule has 2 aliphatic rings. The minimum Gasteiger partial charge on any atom is -0.344 e. The Hall–Kier alpha value is -0.570. The lowest BCUT2D eigenvalue weighted by molar-refractivity contribution is -0.120. The van der Waals surface area contributed by atoms with E-state index in [1.54, 1.807) is 0 Å². The van der Waals surface area contributed by atoms with Crippen molar-refractivity contribution in [2.75, 3.05) is 26.2 Å². The molecule has 2 rings (SSSR count). The molecular formula is C11H20N2O. The molecule has 0 bridgehead atoms. The zero-order valence-corrected chi connectivity index (χ0v) is 8.82. The third-order valence-corrected chi connectivity index (χ3v) is 3.48. The Kier molecular flexibility index (Phi) is 3.40. The summed E-state index contributed by atoms with van der Waals surface area (Å²) in [6.45, 7) is 4.42. The van der Waals surface area contributed by atoms with Crippen molar-refractivity contribution in [1.82, 2.24) is 9.80 Å². The summed E-state index contributed by atoms with van der Waals surface area (Å²) >= 11 is 0. The number of hydrogen-bond donors (Lipinski definition) is 0. The molecule has 0 spiro atoms. The second-order valence-corrected chi connectivity index (χ2v) is 4.49. The van der Waals surface area contributed by atoms with Crippen LogP contribution in [-0.2, 0) is 4.79 Å². The molecule has 3 heteroatoms. The number of piperidine rings is 2. The van der Waals surface area contributed by atoms with Crippen molar-refractivity contribution < 1.29 is 4.79 Å². The van der Waals surface area contributed by atoms with Crippen LogP contribution in [0.2, 0.25) is 0 Å². The maximum atomic E-state index is 10.7. The van der Waals surface area contributed by atoms with Gasteiger partial charge in [0.05, 0.1) is 0 Å².